The fourth-order valence-corrected chi connectivity index (χ4v) is 4.15. The quantitative estimate of drug-likeness (QED) is 0.623. The number of anilines is 1. The molecule has 164 valence electrons. The van der Waals surface area contributed by atoms with Crippen molar-refractivity contribution in [3.8, 4) is 17.3 Å². The molecule has 3 aromatic rings. The number of carbonyl (C=O) groups is 1. The first-order valence-electron chi connectivity index (χ1n) is 9.88. The lowest BCUT2D eigenvalue weighted by Gasteiger charge is -2.16. The molecule has 0 radical (unpaired) electrons. The van der Waals surface area contributed by atoms with Gasteiger partial charge in [0.25, 0.3) is 0 Å². The van der Waals surface area contributed by atoms with Crippen LogP contribution in [0.2, 0.25) is 0 Å². The maximum Gasteiger partial charge on any atom is 0.245 e. The highest BCUT2D eigenvalue weighted by Crippen LogP contribution is 2.30. The first-order valence-corrected chi connectivity index (χ1v) is 11.4. The van der Waals surface area contributed by atoms with E-state index in [1.54, 1.807) is 22.6 Å². The number of amides is 1. The van der Waals surface area contributed by atoms with Crippen molar-refractivity contribution in [3.63, 3.8) is 0 Å². The van der Waals surface area contributed by atoms with Crippen molar-refractivity contribution < 1.29 is 18.1 Å². The Morgan fingerprint density at radius 1 is 1.35 bits per heavy atom. The molecule has 1 aliphatic heterocycles. The van der Waals surface area contributed by atoms with Crippen LogP contribution in [0.3, 0.4) is 0 Å². The molecule has 1 fully saturated rings. The van der Waals surface area contributed by atoms with Gasteiger partial charge in [0.05, 0.1) is 6.54 Å². The third-order valence-corrected chi connectivity index (χ3v) is 5.64. The number of imidazole rings is 1. The number of carbonyl (C=O) groups excluding carboxylic acids is 1. The zero-order chi connectivity index (χ0) is 22.1. The van der Waals surface area contributed by atoms with Gasteiger partial charge in [0.15, 0.2) is 11.2 Å². The number of rotatable bonds is 6. The van der Waals surface area contributed by atoms with Gasteiger partial charge >= 0.3 is 0 Å². The van der Waals surface area contributed by atoms with Crippen molar-refractivity contribution in [1.82, 2.24) is 24.4 Å². The zero-order valence-electron chi connectivity index (χ0n) is 17.5. The Morgan fingerprint density at radius 3 is 2.90 bits per heavy atom. The standard InChI is InChI=1S/C20H23FN6O3S/c1-4-16(28)27-6-5-15(10-27)30-20-17-19(22-11-23-20)26(2)18(24-17)12-7-13(21)9-14(8-12)25-31(3)29/h7-9,11,15,25H,4-6,10H2,1-3H3/t15-,31?/m0/s1. The van der Waals surface area contributed by atoms with Crippen molar-refractivity contribution in [1.29, 1.82) is 0 Å². The van der Waals surface area contributed by atoms with Crippen molar-refractivity contribution in [3.05, 3.63) is 30.3 Å². The number of likely N-dealkylation sites (tertiary alicyclic amines) is 1. The Hall–Kier alpha value is -3.08. The summed E-state index contributed by atoms with van der Waals surface area (Å²) in [6.45, 7) is 2.99. The first kappa shape index (κ1) is 21.2. The third kappa shape index (κ3) is 4.36. The van der Waals surface area contributed by atoms with Crippen LogP contribution in [0.5, 0.6) is 5.88 Å². The molecule has 1 aliphatic rings. The van der Waals surface area contributed by atoms with Crippen LogP contribution in [0.1, 0.15) is 19.8 Å². The molecule has 4 rings (SSSR count). The van der Waals surface area contributed by atoms with E-state index in [0.29, 0.717) is 60.1 Å². The molecule has 0 saturated carbocycles. The molecular formula is C20H23FN6O3S. The van der Waals surface area contributed by atoms with E-state index in [1.807, 2.05) is 6.92 Å². The number of nitrogens with one attached hydrogen (secondary N) is 1. The van der Waals surface area contributed by atoms with Crippen LogP contribution in [0, 0.1) is 5.82 Å². The highest BCUT2D eigenvalue weighted by molar-refractivity contribution is 7.85. The van der Waals surface area contributed by atoms with Gasteiger partial charge in [-0.1, -0.05) is 6.92 Å². The molecular weight excluding hydrogens is 423 g/mol. The van der Waals surface area contributed by atoms with Gasteiger partial charge < -0.3 is 18.9 Å². The maximum absolute atomic E-state index is 14.2. The van der Waals surface area contributed by atoms with E-state index < -0.39 is 16.8 Å². The second-order valence-corrected chi connectivity index (χ2v) is 8.46. The summed E-state index contributed by atoms with van der Waals surface area (Å²) in [5, 5.41) is 0. The fourth-order valence-electron chi connectivity index (χ4n) is 3.70. The molecule has 1 saturated heterocycles. The number of fused-ring (bicyclic) bond motifs is 1. The fraction of sp³-hybridized carbons (Fsp3) is 0.400. The third-order valence-electron chi connectivity index (χ3n) is 5.12. The molecule has 11 heteroatoms. The normalized spacial score (nSPS) is 17.2. The average Bonchev–Trinajstić information content (AvgIpc) is 3.32. The summed E-state index contributed by atoms with van der Waals surface area (Å²) in [5.41, 5.74) is 1.88. The Morgan fingerprint density at radius 2 is 2.16 bits per heavy atom. The van der Waals surface area contributed by atoms with Crippen molar-refractivity contribution >= 4 is 33.7 Å². The molecule has 1 N–H and O–H groups in total. The number of nitrogens with zero attached hydrogens (tertiary/aromatic N) is 5. The Balaban J connectivity index is 1.67. The second-order valence-electron chi connectivity index (χ2n) is 7.35. The molecule has 0 spiro atoms. The van der Waals surface area contributed by atoms with Crippen LogP contribution in [0.4, 0.5) is 10.1 Å². The number of hydrogen-bond donors (Lipinski definition) is 1. The predicted molar refractivity (Wildman–Crippen MR) is 115 cm³/mol. The lowest BCUT2D eigenvalue weighted by molar-refractivity contribution is -0.130. The molecule has 3 heterocycles. The topological polar surface area (TPSA) is 102 Å². The number of aryl methyl sites for hydroxylation is 1. The van der Waals surface area contributed by atoms with Crippen molar-refractivity contribution in [2.24, 2.45) is 7.05 Å². The van der Waals surface area contributed by atoms with Gasteiger partial charge in [0, 0.05) is 43.9 Å². The number of hydrogen-bond acceptors (Lipinski definition) is 6. The summed E-state index contributed by atoms with van der Waals surface area (Å²) in [6.07, 6.45) is 3.86. The van der Waals surface area contributed by atoms with E-state index in [9.17, 15) is 13.4 Å². The van der Waals surface area contributed by atoms with Crippen LogP contribution in [-0.4, -0.2) is 60.0 Å². The lowest BCUT2D eigenvalue weighted by Crippen LogP contribution is -2.30. The largest absolute Gasteiger partial charge is 0.471 e. The molecule has 1 amide bonds. The molecule has 1 aromatic carbocycles. The Bertz CT molecular complexity index is 1170. The van der Waals surface area contributed by atoms with E-state index in [1.165, 1.54) is 24.7 Å². The van der Waals surface area contributed by atoms with Gasteiger partial charge in [-0.3, -0.25) is 4.79 Å². The van der Waals surface area contributed by atoms with Gasteiger partial charge in [-0.2, -0.15) is 4.98 Å². The smallest absolute Gasteiger partial charge is 0.245 e. The Kier molecular flexibility index (Phi) is 5.86. The van der Waals surface area contributed by atoms with Crippen LogP contribution in [0.25, 0.3) is 22.6 Å². The monoisotopic (exact) mass is 446 g/mol. The summed E-state index contributed by atoms with van der Waals surface area (Å²) in [7, 11) is 0.435. The highest BCUT2D eigenvalue weighted by Gasteiger charge is 2.28. The maximum atomic E-state index is 14.2. The van der Waals surface area contributed by atoms with Gasteiger partial charge in [0.1, 0.15) is 35.1 Å². The van der Waals surface area contributed by atoms with E-state index >= 15 is 0 Å². The lowest BCUT2D eigenvalue weighted by atomic mass is 10.2. The number of benzene rings is 1. The van der Waals surface area contributed by atoms with Gasteiger partial charge in [-0.25, -0.2) is 18.6 Å². The SMILES string of the molecule is CCC(=O)N1CC[C@H](Oc2ncnc3c2nc(-c2cc(F)cc(NS(C)=O)c2)n3C)C1. The van der Waals surface area contributed by atoms with Crippen LogP contribution in [0.15, 0.2) is 24.5 Å². The second kappa shape index (κ2) is 8.58. The van der Waals surface area contributed by atoms with Crippen LogP contribution < -0.4 is 9.46 Å². The summed E-state index contributed by atoms with van der Waals surface area (Å²) in [4.78, 5) is 26.9. The first-order chi connectivity index (χ1) is 14.9. The van der Waals surface area contributed by atoms with Gasteiger partial charge in [-0.15, -0.1) is 0 Å². The van der Waals surface area contributed by atoms with Crippen LogP contribution >= 0.6 is 0 Å². The number of ether oxygens (including phenoxy) is 1. The zero-order valence-corrected chi connectivity index (χ0v) is 18.3. The minimum absolute atomic E-state index is 0.0996. The minimum atomic E-state index is -1.34. The molecule has 2 atom stereocenters. The summed E-state index contributed by atoms with van der Waals surface area (Å²) >= 11 is 0. The summed E-state index contributed by atoms with van der Waals surface area (Å²) in [6, 6.07) is 4.29. The summed E-state index contributed by atoms with van der Waals surface area (Å²) in [5.74, 6) is 0.417. The van der Waals surface area contributed by atoms with Crippen LogP contribution in [-0.2, 0) is 22.8 Å². The molecule has 0 aliphatic carbocycles. The molecule has 9 nitrogen and oxygen atoms in total. The number of aromatic nitrogens is 4. The molecule has 0 bridgehead atoms. The van der Waals surface area contributed by atoms with E-state index in [2.05, 4.69) is 19.7 Å². The minimum Gasteiger partial charge on any atom is -0.471 e. The average molecular weight is 447 g/mol. The van der Waals surface area contributed by atoms with Gasteiger partial charge in [0.2, 0.25) is 11.8 Å². The van der Waals surface area contributed by atoms with E-state index in [-0.39, 0.29) is 12.0 Å². The Labute approximate surface area is 181 Å². The van der Waals surface area contributed by atoms with Crippen molar-refractivity contribution in [2.75, 3.05) is 24.1 Å². The molecule has 1 unspecified atom stereocenters. The van der Waals surface area contributed by atoms with E-state index in [0.717, 1.165) is 0 Å². The molecule has 2 aromatic heterocycles. The highest BCUT2D eigenvalue weighted by atomic mass is 32.2. The number of halogens is 1. The molecule has 31 heavy (non-hydrogen) atoms. The summed E-state index contributed by atoms with van der Waals surface area (Å²) < 4.78 is 36.1. The van der Waals surface area contributed by atoms with Crippen molar-refractivity contribution in [2.45, 2.75) is 25.9 Å². The van der Waals surface area contributed by atoms with Gasteiger partial charge in [-0.05, 0) is 18.2 Å². The predicted octanol–water partition coefficient (Wildman–Crippen LogP) is 2.26. The van der Waals surface area contributed by atoms with E-state index in [4.69, 9.17) is 4.74 Å².